The van der Waals surface area contributed by atoms with Gasteiger partial charge in [-0.15, -0.1) is 0 Å². The summed E-state index contributed by atoms with van der Waals surface area (Å²) in [5, 5.41) is 11.1. The van der Waals surface area contributed by atoms with E-state index in [1.165, 1.54) is 6.20 Å². The first kappa shape index (κ1) is 16.1. The lowest BCUT2D eigenvalue weighted by Gasteiger charge is -2.22. The zero-order valence-corrected chi connectivity index (χ0v) is 12.0. The first-order chi connectivity index (χ1) is 9.49. The van der Waals surface area contributed by atoms with E-state index in [2.05, 4.69) is 20.3 Å². The van der Waals surface area contributed by atoms with Crippen LogP contribution in [0.15, 0.2) is 6.20 Å². The van der Waals surface area contributed by atoms with Crippen LogP contribution in [0.5, 0.6) is 0 Å². The molecule has 1 heterocycles. The normalized spacial score (nSPS) is 10.7. The smallest absolute Gasteiger partial charge is 0.329 e. The van der Waals surface area contributed by atoms with Gasteiger partial charge in [-0.1, -0.05) is 0 Å². The van der Waals surface area contributed by atoms with Crippen LogP contribution >= 0.6 is 0 Å². The highest BCUT2D eigenvalue weighted by atomic mass is 16.6. The van der Waals surface area contributed by atoms with Crippen LogP contribution < -0.4 is 16.2 Å². The van der Waals surface area contributed by atoms with Crippen molar-refractivity contribution in [3.63, 3.8) is 0 Å². The molecule has 0 saturated carbocycles. The second-order valence-corrected chi connectivity index (χ2v) is 4.54. The van der Waals surface area contributed by atoms with Gasteiger partial charge in [0, 0.05) is 13.1 Å². The molecular formula is C11H21N7O2. The molecule has 9 nitrogen and oxygen atoms in total. The minimum Gasteiger partial charge on any atom is -0.351 e. The summed E-state index contributed by atoms with van der Waals surface area (Å²) >= 11 is 0. The van der Waals surface area contributed by atoms with Crippen LogP contribution in [-0.2, 0) is 0 Å². The van der Waals surface area contributed by atoms with Crippen molar-refractivity contribution in [3.05, 3.63) is 16.3 Å². The molecule has 0 aliphatic rings. The predicted molar refractivity (Wildman–Crippen MR) is 77.6 cm³/mol. The Kier molecular flexibility index (Phi) is 6.07. The second-order valence-electron chi connectivity index (χ2n) is 4.54. The Hall–Kier alpha value is -2.00. The second kappa shape index (κ2) is 7.56. The largest absolute Gasteiger partial charge is 0.351 e. The minimum absolute atomic E-state index is 0.115. The van der Waals surface area contributed by atoms with Gasteiger partial charge < -0.3 is 9.80 Å². The average molecular weight is 283 g/mol. The zero-order valence-electron chi connectivity index (χ0n) is 12.0. The van der Waals surface area contributed by atoms with Gasteiger partial charge in [0.15, 0.2) is 0 Å². The maximum atomic E-state index is 11.1. The van der Waals surface area contributed by atoms with E-state index in [0.717, 1.165) is 13.0 Å². The number of nitrogens with zero attached hydrogens (tertiary/aromatic N) is 5. The first-order valence-electron chi connectivity index (χ1n) is 6.37. The molecule has 0 bridgehead atoms. The fourth-order valence-corrected chi connectivity index (χ4v) is 1.79. The number of nitro groups is 1. The topological polar surface area (TPSA) is 113 Å². The fourth-order valence-electron chi connectivity index (χ4n) is 1.79. The molecule has 0 atom stereocenters. The number of nitrogens with one attached hydrogen (secondary N) is 1. The molecule has 0 aromatic carbocycles. The number of hydrazine groups is 1. The van der Waals surface area contributed by atoms with Gasteiger partial charge in [0.05, 0.1) is 4.92 Å². The number of aromatic nitrogens is 2. The molecule has 0 unspecified atom stereocenters. The van der Waals surface area contributed by atoms with Crippen molar-refractivity contribution >= 4 is 17.5 Å². The van der Waals surface area contributed by atoms with Crippen molar-refractivity contribution < 1.29 is 4.92 Å². The van der Waals surface area contributed by atoms with Crippen LogP contribution in [0.2, 0.25) is 0 Å². The quantitative estimate of drug-likeness (QED) is 0.401. The van der Waals surface area contributed by atoms with E-state index < -0.39 is 4.92 Å². The molecule has 3 N–H and O–H groups in total. The Morgan fingerprint density at radius 1 is 1.45 bits per heavy atom. The summed E-state index contributed by atoms with van der Waals surface area (Å²) in [5.74, 6) is 5.71. The predicted octanol–water partition coefficient (Wildman–Crippen LogP) is 0.448. The van der Waals surface area contributed by atoms with E-state index >= 15 is 0 Å². The highest BCUT2D eigenvalue weighted by Crippen LogP contribution is 2.25. The van der Waals surface area contributed by atoms with Gasteiger partial charge in [0.2, 0.25) is 11.8 Å². The van der Waals surface area contributed by atoms with E-state index in [-0.39, 0.29) is 11.6 Å². The number of rotatable bonds is 8. The number of hydrogen-bond acceptors (Lipinski definition) is 8. The molecule has 1 aromatic rings. The SMILES string of the molecule is CCN(CCCN(C)C)c1nc(NN)ncc1[N+](=O)[O-]. The summed E-state index contributed by atoms with van der Waals surface area (Å²) in [6.07, 6.45) is 2.06. The van der Waals surface area contributed by atoms with Crippen LogP contribution in [0.3, 0.4) is 0 Å². The highest BCUT2D eigenvalue weighted by molar-refractivity contribution is 5.58. The van der Waals surface area contributed by atoms with Crippen molar-refractivity contribution in [1.29, 1.82) is 0 Å². The van der Waals surface area contributed by atoms with Crippen LogP contribution in [-0.4, -0.2) is 53.5 Å². The Bertz CT molecular complexity index is 452. The molecule has 112 valence electrons. The summed E-state index contributed by atoms with van der Waals surface area (Å²) in [5.41, 5.74) is 2.19. The first-order valence-corrected chi connectivity index (χ1v) is 6.37. The Morgan fingerprint density at radius 2 is 2.15 bits per heavy atom. The maximum Gasteiger partial charge on any atom is 0.329 e. The van der Waals surface area contributed by atoms with E-state index in [1.807, 2.05) is 25.9 Å². The van der Waals surface area contributed by atoms with Gasteiger partial charge in [0.25, 0.3) is 0 Å². The summed E-state index contributed by atoms with van der Waals surface area (Å²) in [6.45, 7) is 4.13. The summed E-state index contributed by atoms with van der Waals surface area (Å²) < 4.78 is 0. The number of nitrogen functional groups attached to an aromatic ring is 1. The van der Waals surface area contributed by atoms with E-state index in [9.17, 15) is 10.1 Å². The average Bonchev–Trinajstić information content (AvgIpc) is 2.42. The molecule has 9 heteroatoms. The Morgan fingerprint density at radius 3 is 2.65 bits per heavy atom. The van der Waals surface area contributed by atoms with Crippen molar-refractivity contribution in [3.8, 4) is 0 Å². The number of hydrogen-bond donors (Lipinski definition) is 2. The van der Waals surface area contributed by atoms with E-state index in [0.29, 0.717) is 18.9 Å². The van der Waals surface area contributed by atoms with Crippen LogP contribution in [0.25, 0.3) is 0 Å². The van der Waals surface area contributed by atoms with Gasteiger partial charge in [-0.25, -0.2) is 10.8 Å². The van der Waals surface area contributed by atoms with E-state index in [4.69, 9.17) is 5.84 Å². The molecule has 0 aliphatic heterocycles. The Balaban J connectivity index is 2.96. The summed E-state index contributed by atoms with van der Waals surface area (Å²) in [4.78, 5) is 22.4. The third kappa shape index (κ3) is 4.28. The lowest BCUT2D eigenvalue weighted by Crippen LogP contribution is -2.29. The van der Waals surface area contributed by atoms with Gasteiger partial charge >= 0.3 is 5.69 Å². The van der Waals surface area contributed by atoms with Gasteiger partial charge in [0.1, 0.15) is 6.20 Å². The molecule has 0 amide bonds. The molecule has 1 aromatic heterocycles. The molecule has 20 heavy (non-hydrogen) atoms. The van der Waals surface area contributed by atoms with Crippen LogP contribution in [0.4, 0.5) is 17.5 Å². The van der Waals surface area contributed by atoms with Crippen molar-refractivity contribution in [2.24, 2.45) is 5.84 Å². The number of anilines is 2. The standard InChI is InChI=1S/C11H21N7O2/c1-4-17(7-5-6-16(2)3)10-9(18(19)20)8-13-11(14-10)15-12/h8H,4-7,12H2,1-3H3,(H,13,14,15). The van der Waals surface area contributed by atoms with Gasteiger partial charge in [-0.3, -0.25) is 15.5 Å². The van der Waals surface area contributed by atoms with Crippen molar-refractivity contribution in [2.45, 2.75) is 13.3 Å². The van der Waals surface area contributed by atoms with Crippen LogP contribution in [0, 0.1) is 10.1 Å². The fraction of sp³-hybridized carbons (Fsp3) is 0.636. The van der Waals surface area contributed by atoms with E-state index in [1.54, 1.807) is 0 Å². The maximum absolute atomic E-state index is 11.1. The molecule has 0 aliphatic carbocycles. The molecule has 0 spiro atoms. The molecule has 0 radical (unpaired) electrons. The molecule has 0 fully saturated rings. The third-order valence-electron chi connectivity index (χ3n) is 2.79. The summed E-state index contributed by atoms with van der Waals surface area (Å²) in [6, 6.07) is 0. The summed E-state index contributed by atoms with van der Waals surface area (Å²) in [7, 11) is 3.97. The van der Waals surface area contributed by atoms with Crippen molar-refractivity contribution in [1.82, 2.24) is 14.9 Å². The molecule has 1 rings (SSSR count). The van der Waals surface area contributed by atoms with Gasteiger partial charge in [-0.05, 0) is 34.0 Å². The number of nitrogens with two attached hydrogens (primary N) is 1. The van der Waals surface area contributed by atoms with Crippen LogP contribution in [0.1, 0.15) is 13.3 Å². The Labute approximate surface area is 117 Å². The monoisotopic (exact) mass is 283 g/mol. The lowest BCUT2D eigenvalue weighted by molar-refractivity contribution is -0.384. The zero-order chi connectivity index (χ0) is 15.1. The third-order valence-corrected chi connectivity index (χ3v) is 2.79. The van der Waals surface area contributed by atoms with Gasteiger partial charge in [-0.2, -0.15) is 4.98 Å². The minimum atomic E-state index is -0.482. The van der Waals surface area contributed by atoms with Crippen molar-refractivity contribution in [2.75, 3.05) is 44.1 Å². The highest BCUT2D eigenvalue weighted by Gasteiger charge is 2.21. The lowest BCUT2D eigenvalue weighted by atomic mass is 10.3. The molecule has 0 saturated heterocycles. The molecular weight excluding hydrogens is 262 g/mol.